The second kappa shape index (κ2) is 6.87. The minimum Gasteiger partial charge on any atom is -0.406 e. The van der Waals surface area contributed by atoms with Crippen molar-refractivity contribution in [3.05, 3.63) is 0 Å². The zero-order valence-corrected chi connectivity index (χ0v) is 9.72. The lowest BCUT2D eigenvalue weighted by Gasteiger charge is -2.26. The van der Waals surface area contributed by atoms with Gasteiger partial charge in [-0.3, -0.25) is 4.79 Å². The molecule has 0 N–H and O–H groups in total. The summed E-state index contributed by atoms with van der Waals surface area (Å²) in [6, 6.07) is 3.38. The zero-order valence-electron chi connectivity index (χ0n) is 8.72. The van der Waals surface area contributed by atoms with Crippen molar-refractivity contribution in [3.63, 3.8) is 0 Å². The zero-order chi connectivity index (χ0) is 10.2. The lowest BCUT2D eigenvalue weighted by Crippen LogP contribution is -2.35. The molecule has 0 unspecified atom stereocenters. The highest BCUT2D eigenvalue weighted by molar-refractivity contribution is 6.73. The summed E-state index contributed by atoms with van der Waals surface area (Å²) in [4.78, 5) is 9.92. The van der Waals surface area contributed by atoms with Crippen LogP contribution in [0.1, 0.15) is 20.8 Å². The van der Waals surface area contributed by atoms with Crippen LogP contribution in [0.15, 0.2) is 0 Å². The van der Waals surface area contributed by atoms with E-state index in [1.807, 2.05) is 0 Å². The molecule has 0 saturated heterocycles. The maximum Gasteiger partial charge on any atom is 0.193 e. The second-order valence-electron chi connectivity index (χ2n) is 2.97. The van der Waals surface area contributed by atoms with Crippen molar-refractivity contribution >= 4 is 14.6 Å². The quantitative estimate of drug-likeness (QED) is 0.384. The third kappa shape index (κ3) is 4.25. The topological polar surface area (TPSA) is 26.3 Å². The van der Waals surface area contributed by atoms with Gasteiger partial charge >= 0.3 is 0 Å². The van der Waals surface area contributed by atoms with E-state index >= 15 is 0 Å². The van der Waals surface area contributed by atoms with Crippen LogP contribution in [-0.2, 0) is 9.22 Å². The number of aldehydes is 1. The summed E-state index contributed by atoms with van der Waals surface area (Å²) in [6.07, 6.45) is 0.608. The molecule has 74 valence electrons. The minimum atomic E-state index is -1.49. The van der Waals surface area contributed by atoms with Crippen molar-refractivity contribution in [1.29, 1.82) is 0 Å². The summed E-state index contributed by atoms with van der Waals surface area (Å²) < 4.78 is 5.79. The maximum absolute atomic E-state index is 9.92. The summed E-state index contributed by atoms with van der Waals surface area (Å²) in [5, 5.41) is 0. The average Bonchev–Trinajstić information content (AvgIpc) is 2.20. The van der Waals surface area contributed by atoms with Gasteiger partial charge in [0.1, 0.15) is 0 Å². The van der Waals surface area contributed by atoms with Gasteiger partial charge in [0.05, 0.1) is 6.61 Å². The smallest absolute Gasteiger partial charge is 0.193 e. The van der Waals surface area contributed by atoms with E-state index in [-0.39, 0.29) is 0 Å². The molecule has 0 atom stereocenters. The van der Waals surface area contributed by atoms with Gasteiger partial charge in [-0.2, -0.15) is 0 Å². The Morgan fingerprint density at radius 2 is 1.77 bits per heavy atom. The molecule has 0 spiro atoms. The minimum absolute atomic E-state index is 0.417. The third-order valence-electron chi connectivity index (χ3n) is 2.54. The molecule has 0 heterocycles. The highest BCUT2D eigenvalue weighted by atomic mass is 28.4. The van der Waals surface area contributed by atoms with Gasteiger partial charge in [-0.05, 0) is 24.1 Å². The van der Waals surface area contributed by atoms with Crippen LogP contribution in [0.25, 0.3) is 0 Å². The van der Waals surface area contributed by atoms with Crippen LogP contribution in [0, 0.1) is 11.8 Å². The molecule has 0 fully saturated rings. The number of hydrogen-bond donors (Lipinski definition) is 0. The Bertz CT molecular complexity index is 190. The number of rotatable bonds is 5. The highest BCUT2D eigenvalue weighted by Crippen LogP contribution is 2.20. The first kappa shape index (κ1) is 12.4. The Labute approximate surface area is 81.8 Å². The van der Waals surface area contributed by atoms with Crippen LogP contribution in [0.4, 0.5) is 0 Å². The van der Waals surface area contributed by atoms with E-state index < -0.39 is 8.32 Å². The highest BCUT2D eigenvalue weighted by Gasteiger charge is 2.27. The van der Waals surface area contributed by atoms with Crippen molar-refractivity contribution < 1.29 is 9.22 Å². The van der Waals surface area contributed by atoms with Crippen LogP contribution < -0.4 is 0 Å². The molecule has 2 nitrogen and oxygen atoms in total. The van der Waals surface area contributed by atoms with Crippen molar-refractivity contribution in [2.24, 2.45) is 0 Å². The molecular formula is C10H18O2Si. The van der Waals surface area contributed by atoms with Crippen molar-refractivity contribution in [2.45, 2.75) is 38.9 Å². The molecule has 0 aliphatic carbocycles. The summed E-state index contributed by atoms with van der Waals surface area (Å²) in [7, 11) is -1.49. The molecule has 0 amide bonds. The standard InChI is InChI=1S/C10H18O2Si/c1-4-13(5-2,6-3)12-10-8-7-9-11/h9H,4-6,10H2,1-3H3. The van der Waals surface area contributed by atoms with E-state index in [1.54, 1.807) is 0 Å². The lowest BCUT2D eigenvalue weighted by molar-refractivity contribution is -0.103. The Balaban J connectivity index is 4.02. The predicted octanol–water partition coefficient (Wildman–Crippen LogP) is 2.21. The summed E-state index contributed by atoms with van der Waals surface area (Å²) in [6.45, 7) is 6.94. The van der Waals surface area contributed by atoms with Crippen LogP contribution in [0.5, 0.6) is 0 Å². The molecular weight excluding hydrogens is 180 g/mol. The summed E-state index contributed by atoms with van der Waals surface area (Å²) in [5.74, 6) is 5.05. The fourth-order valence-corrected chi connectivity index (χ4v) is 3.82. The average molecular weight is 198 g/mol. The van der Waals surface area contributed by atoms with Crippen LogP contribution in [0.2, 0.25) is 18.1 Å². The van der Waals surface area contributed by atoms with E-state index in [9.17, 15) is 4.79 Å². The summed E-state index contributed by atoms with van der Waals surface area (Å²) in [5.41, 5.74) is 0. The first-order chi connectivity index (χ1) is 6.24. The first-order valence-corrected chi connectivity index (χ1v) is 7.33. The van der Waals surface area contributed by atoms with Gasteiger partial charge in [0.15, 0.2) is 14.6 Å². The van der Waals surface area contributed by atoms with E-state index in [1.165, 1.54) is 0 Å². The predicted molar refractivity (Wildman–Crippen MR) is 57.0 cm³/mol. The Hall–Kier alpha value is -0.593. The lowest BCUT2D eigenvalue weighted by atomic mass is 10.6. The van der Waals surface area contributed by atoms with Gasteiger partial charge in [-0.25, -0.2) is 0 Å². The second-order valence-corrected chi connectivity index (χ2v) is 7.75. The van der Waals surface area contributed by atoms with Gasteiger partial charge in [0, 0.05) is 0 Å². The van der Waals surface area contributed by atoms with E-state index in [2.05, 4.69) is 32.6 Å². The molecule has 0 aliphatic heterocycles. The Morgan fingerprint density at radius 3 is 2.15 bits per heavy atom. The molecule has 0 aromatic carbocycles. The van der Waals surface area contributed by atoms with Crippen LogP contribution in [-0.4, -0.2) is 21.2 Å². The monoisotopic (exact) mass is 198 g/mol. The Morgan fingerprint density at radius 1 is 1.23 bits per heavy atom. The molecule has 0 saturated carbocycles. The number of hydrogen-bond acceptors (Lipinski definition) is 2. The van der Waals surface area contributed by atoms with Gasteiger partial charge < -0.3 is 4.43 Å². The van der Waals surface area contributed by atoms with E-state index in [0.717, 1.165) is 18.1 Å². The molecule has 0 rings (SSSR count). The molecule has 0 aromatic heterocycles. The summed E-state index contributed by atoms with van der Waals surface area (Å²) >= 11 is 0. The van der Waals surface area contributed by atoms with Crippen LogP contribution in [0.3, 0.4) is 0 Å². The maximum atomic E-state index is 9.92. The van der Waals surface area contributed by atoms with Gasteiger partial charge in [-0.15, -0.1) is 0 Å². The fraction of sp³-hybridized carbons (Fsp3) is 0.700. The van der Waals surface area contributed by atoms with Crippen molar-refractivity contribution in [1.82, 2.24) is 0 Å². The van der Waals surface area contributed by atoms with E-state index in [4.69, 9.17) is 4.43 Å². The molecule has 13 heavy (non-hydrogen) atoms. The number of carbonyl (C=O) groups excluding carboxylic acids is 1. The third-order valence-corrected chi connectivity index (χ3v) is 7.17. The molecule has 3 heteroatoms. The normalized spacial score (nSPS) is 10.4. The molecule has 0 aliphatic rings. The van der Waals surface area contributed by atoms with E-state index in [0.29, 0.717) is 12.9 Å². The number of carbonyl (C=O) groups is 1. The van der Waals surface area contributed by atoms with Crippen molar-refractivity contribution in [3.8, 4) is 11.8 Å². The molecule has 0 radical (unpaired) electrons. The van der Waals surface area contributed by atoms with Gasteiger partial charge in [0.2, 0.25) is 0 Å². The van der Waals surface area contributed by atoms with Gasteiger partial charge in [0.25, 0.3) is 0 Å². The Kier molecular flexibility index (Phi) is 6.56. The first-order valence-electron chi connectivity index (χ1n) is 4.80. The van der Waals surface area contributed by atoms with Crippen LogP contribution >= 0.6 is 0 Å². The van der Waals surface area contributed by atoms with Crippen molar-refractivity contribution in [2.75, 3.05) is 6.61 Å². The SMILES string of the molecule is CC[Si](CC)(CC)OCC#CC=O. The fourth-order valence-electron chi connectivity index (χ4n) is 1.33. The van der Waals surface area contributed by atoms with Gasteiger partial charge in [-0.1, -0.05) is 26.7 Å². The molecule has 0 bridgehead atoms. The largest absolute Gasteiger partial charge is 0.406 e. The molecule has 0 aromatic rings.